The van der Waals surface area contributed by atoms with Crippen LogP contribution >= 0.6 is 0 Å². The van der Waals surface area contributed by atoms with Crippen molar-refractivity contribution in [3.63, 3.8) is 0 Å². The van der Waals surface area contributed by atoms with Crippen molar-refractivity contribution in [2.24, 2.45) is 5.92 Å². The van der Waals surface area contributed by atoms with Crippen molar-refractivity contribution in [2.75, 3.05) is 12.1 Å². The minimum Gasteiger partial charge on any atom is -0.424 e. The molecule has 0 bridgehead atoms. The van der Waals surface area contributed by atoms with Crippen LogP contribution in [0.4, 0.5) is 10.6 Å². The van der Waals surface area contributed by atoms with Gasteiger partial charge >= 0.3 is 17.8 Å². The molecule has 5 atom stereocenters. The Balaban J connectivity index is 1.73. The number of carbonyl (C=O) groups is 2. The molecule has 0 spiro atoms. The van der Waals surface area contributed by atoms with Crippen LogP contribution in [-0.2, 0) is 23.8 Å². The van der Waals surface area contributed by atoms with Gasteiger partial charge in [0.25, 0.3) is 0 Å². The zero-order valence-corrected chi connectivity index (χ0v) is 14.2. The molecule has 2 fully saturated rings. The van der Waals surface area contributed by atoms with E-state index in [0.717, 1.165) is 4.57 Å². The van der Waals surface area contributed by atoms with E-state index in [0.29, 0.717) is 6.42 Å². The predicted molar refractivity (Wildman–Crippen MR) is 83.8 cm³/mol. The van der Waals surface area contributed by atoms with Crippen LogP contribution in [0.3, 0.4) is 0 Å². The van der Waals surface area contributed by atoms with Crippen molar-refractivity contribution < 1.29 is 33.7 Å². The van der Waals surface area contributed by atoms with Gasteiger partial charge in [-0.1, -0.05) is 13.8 Å². The molecule has 142 valence electrons. The molecule has 11 nitrogen and oxygen atoms in total. The molecule has 2 saturated heterocycles. The second-order valence-electron chi connectivity index (χ2n) is 6.00. The van der Waals surface area contributed by atoms with E-state index in [9.17, 15) is 19.5 Å². The maximum Gasteiger partial charge on any atom is 0.509 e. The summed E-state index contributed by atoms with van der Waals surface area (Å²) < 4.78 is 16.6. The lowest BCUT2D eigenvalue weighted by molar-refractivity contribution is -0.145. The van der Waals surface area contributed by atoms with E-state index in [2.05, 4.69) is 10.5 Å². The van der Waals surface area contributed by atoms with Gasteiger partial charge in [-0.3, -0.25) is 4.57 Å². The number of ether oxygens (including phenoxy) is 3. The van der Waals surface area contributed by atoms with Crippen LogP contribution in [-0.4, -0.2) is 51.7 Å². The third kappa shape index (κ3) is 3.35. The Hall–Kier alpha value is -2.66. The number of aliphatic hydroxyl groups excluding tert-OH is 1. The van der Waals surface area contributed by atoms with Gasteiger partial charge in [0.05, 0.1) is 12.5 Å². The second-order valence-corrected chi connectivity index (χ2v) is 6.00. The standard InChI is InChI=1S/C15H19N3O8/c1-3-7(2)13(20)26-17-9-4-5-18(14(21)16-9)12-11-10(8(6-19)23-12)24-15(22)25-11/h4-5,7-8,10-12,19H,3,6H2,1-2H3,(H,16,17,21)/t7-,8+,10+,11+,12+/m0/s1. The highest BCUT2D eigenvalue weighted by atomic mass is 16.8. The first kappa shape index (κ1) is 18.1. The average molecular weight is 369 g/mol. The molecule has 26 heavy (non-hydrogen) atoms. The van der Waals surface area contributed by atoms with Crippen molar-refractivity contribution in [1.82, 2.24) is 9.55 Å². The van der Waals surface area contributed by atoms with Crippen LogP contribution in [0.15, 0.2) is 17.1 Å². The minimum absolute atomic E-state index is 0.0378. The van der Waals surface area contributed by atoms with E-state index in [1.165, 1.54) is 12.3 Å². The van der Waals surface area contributed by atoms with Crippen LogP contribution < -0.4 is 11.2 Å². The number of aliphatic hydroxyl groups is 1. The smallest absolute Gasteiger partial charge is 0.424 e. The van der Waals surface area contributed by atoms with E-state index in [1.54, 1.807) is 6.92 Å². The zero-order chi connectivity index (χ0) is 18.8. The van der Waals surface area contributed by atoms with Crippen molar-refractivity contribution in [3.8, 4) is 0 Å². The Kier molecular flexibility index (Phi) is 5.09. The monoisotopic (exact) mass is 369 g/mol. The van der Waals surface area contributed by atoms with Crippen molar-refractivity contribution in [2.45, 2.75) is 44.8 Å². The molecule has 0 aromatic carbocycles. The summed E-state index contributed by atoms with van der Waals surface area (Å²) in [6.07, 6.45) is -2.40. The molecular formula is C15H19N3O8. The first-order valence-corrected chi connectivity index (χ1v) is 8.14. The van der Waals surface area contributed by atoms with E-state index in [-0.39, 0.29) is 11.7 Å². The summed E-state index contributed by atoms with van der Waals surface area (Å²) in [4.78, 5) is 43.8. The number of carbonyl (C=O) groups excluding carboxylic acids is 2. The molecule has 0 aliphatic carbocycles. The summed E-state index contributed by atoms with van der Waals surface area (Å²) >= 11 is 0. The van der Waals surface area contributed by atoms with E-state index in [1.807, 2.05) is 6.92 Å². The van der Waals surface area contributed by atoms with Crippen molar-refractivity contribution in [1.29, 1.82) is 0 Å². The number of nitrogens with zero attached hydrogens (tertiary/aromatic N) is 2. The van der Waals surface area contributed by atoms with Gasteiger partial charge in [0.1, 0.15) is 6.10 Å². The van der Waals surface area contributed by atoms with Gasteiger partial charge in [-0.15, -0.1) is 0 Å². The fourth-order valence-corrected chi connectivity index (χ4v) is 2.63. The third-order valence-electron chi connectivity index (χ3n) is 4.31. The molecule has 1 aromatic rings. The van der Waals surface area contributed by atoms with Gasteiger partial charge in [0, 0.05) is 12.3 Å². The Morgan fingerprint density at radius 3 is 2.81 bits per heavy atom. The predicted octanol–water partition coefficient (Wildman–Crippen LogP) is -0.0468. The summed E-state index contributed by atoms with van der Waals surface area (Å²) in [5.41, 5.74) is 1.60. The molecule has 2 aliphatic heterocycles. The Bertz CT molecular complexity index is 751. The first-order chi connectivity index (χ1) is 12.4. The number of fused-ring (bicyclic) bond motifs is 1. The summed E-state index contributed by atoms with van der Waals surface area (Å²) in [5.74, 6) is -0.726. The summed E-state index contributed by atoms with van der Waals surface area (Å²) in [6, 6.07) is 1.40. The normalized spacial score (nSPS) is 28.0. The quantitative estimate of drug-likeness (QED) is 0.518. The Morgan fingerprint density at radius 1 is 1.42 bits per heavy atom. The SMILES string of the molecule is CC[C@H](C)C(=O)ONc1ccn([C@@H]2O[C@H](CO)[C@H]3OC(=O)O[C@H]32)c(=O)n1. The molecule has 11 heteroatoms. The lowest BCUT2D eigenvalue weighted by Crippen LogP contribution is -2.34. The fourth-order valence-electron chi connectivity index (χ4n) is 2.63. The molecule has 2 N–H and O–H groups in total. The van der Waals surface area contributed by atoms with Gasteiger partial charge in [0.15, 0.2) is 24.3 Å². The maximum atomic E-state index is 12.3. The number of hydrogen-bond acceptors (Lipinski definition) is 10. The second kappa shape index (κ2) is 7.30. The highest BCUT2D eigenvalue weighted by Gasteiger charge is 2.55. The van der Waals surface area contributed by atoms with Gasteiger partial charge < -0.3 is 24.2 Å². The van der Waals surface area contributed by atoms with Crippen LogP contribution in [0.25, 0.3) is 0 Å². The topological polar surface area (TPSA) is 138 Å². The van der Waals surface area contributed by atoms with Crippen LogP contribution in [0, 0.1) is 5.92 Å². The zero-order valence-electron chi connectivity index (χ0n) is 14.2. The van der Waals surface area contributed by atoms with E-state index < -0.39 is 49.0 Å². The van der Waals surface area contributed by atoms with E-state index >= 15 is 0 Å². The molecule has 2 aliphatic rings. The summed E-state index contributed by atoms with van der Waals surface area (Å²) in [5, 5.41) is 9.33. The number of hydrogen-bond donors (Lipinski definition) is 2. The highest BCUT2D eigenvalue weighted by Crippen LogP contribution is 2.36. The lowest BCUT2D eigenvalue weighted by atomic mass is 10.1. The molecule has 3 rings (SSSR count). The van der Waals surface area contributed by atoms with Gasteiger partial charge in [-0.25, -0.2) is 19.9 Å². The van der Waals surface area contributed by atoms with Gasteiger partial charge in [-0.2, -0.15) is 4.98 Å². The molecular weight excluding hydrogens is 350 g/mol. The lowest BCUT2D eigenvalue weighted by Gasteiger charge is -2.18. The molecule has 3 heterocycles. The Labute approximate surface area is 147 Å². The fraction of sp³-hybridized carbons (Fsp3) is 0.600. The van der Waals surface area contributed by atoms with Crippen LogP contribution in [0.2, 0.25) is 0 Å². The average Bonchev–Trinajstić information content (AvgIpc) is 3.16. The summed E-state index contributed by atoms with van der Waals surface area (Å²) in [7, 11) is 0. The molecule has 0 amide bonds. The Morgan fingerprint density at radius 2 is 2.15 bits per heavy atom. The van der Waals surface area contributed by atoms with Gasteiger partial charge in [0.2, 0.25) is 0 Å². The third-order valence-corrected chi connectivity index (χ3v) is 4.31. The molecule has 0 radical (unpaired) electrons. The van der Waals surface area contributed by atoms with Gasteiger partial charge in [-0.05, 0) is 6.42 Å². The highest BCUT2D eigenvalue weighted by molar-refractivity contribution is 5.72. The van der Waals surface area contributed by atoms with E-state index in [4.69, 9.17) is 19.0 Å². The number of nitrogens with one attached hydrogen (secondary N) is 1. The van der Waals surface area contributed by atoms with Crippen molar-refractivity contribution in [3.05, 3.63) is 22.7 Å². The van der Waals surface area contributed by atoms with Crippen LogP contribution in [0.1, 0.15) is 26.5 Å². The number of aromatic nitrogens is 2. The largest absolute Gasteiger partial charge is 0.509 e. The number of rotatable bonds is 6. The maximum absolute atomic E-state index is 12.3. The summed E-state index contributed by atoms with van der Waals surface area (Å²) in [6.45, 7) is 3.16. The van der Waals surface area contributed by atoms with Crippen molar-refractivity contribution >= 4 is 17.9 Å². The van der Waals surface area contributed by atoms with Crippen LogP contribution in [0.5, 0.6) is 0 Å². The minimum atomic E-state index is -0.986. The molecule has 0 saturated carbocycles. The molecule has 0 unspecified atom stereocenters. The number of anilines is 1. The molecule has 1 aromatic heterocycles. The first-order valence-electron chi connectivity index (χ1n) is 8.14.